The van der Waals surface area contributed by atoms with Gasteiger partial charge in [0.25, 0.3) is 0 Å². The number of thioether (sulfide) groups is 1. The maximum atomic E-state index is 12.8. The fourth-order valence-electron chi connectivity index (χ4n) is 3.01. The Morgan fingerprint density at radius 1 is 1.00 bits per heavy atom. The molecule has 0 saturated carbocycles. The second-order valence-electron chi connectivity index (χ2n) is 7.07. The zero-order valence-corrected chi connectivity index (χ0v) is 19.9. The monoisotopic (exact) mass is 498 g/mol. The molecule has 0 aliphatic rings. The molecule has 6 nitrogen and oxygen atoms in total. The van der Waals surface area contributed by atoms with E-state index in [0.717, 1.165) is 11.4 Å². The molecule has 1 atom stereocenters. The number of para-hydroxylation sites is 1. The van der Waals surface area contributed by atoms with Gasteiger partial charge in [-0.1, -0.05) is 59.2 Å². The fourth-order valence-corrected chi connectivity index (χ4v) is 4.21. The Bertz CT molecular complexity index is 1230. The molecule has 0 radical (unpaired) electrons. The summed E-state index contributed by atoms with van der Waals surface area (Å²) in [7, 11) is 0. The lowest BCUT2D eigenvalue weighted by molar-refractivity contribution is -0.115. The topological polar surface area (TPSA) is 69.0 Å². The highest BCUT2D eigenvalue weighted by atomic mass is 35.5. The molecule has 4 aromatic rings. The number of aromatic nitrogens is 3. The third-order valence-electron chi connectivity index (χ3n) is 4.64. The highest BCUT2D eigenvalue weighted by Gasteiger charge is 2.22. The predicted molar refractivity (Wildman–Crippen MR) is 133 cm³/mol. The number of nitrogens with one attached hydrogen (secondary N) is 1. The van der Waals surface area contributed by atoms with Crippen LogP contribution in [0.4, 0.5) is 5.69 Å². The average molecular weight is 499 g/mol. The van der Waals surface area contributed by atoms with Crippen LogP contribution in [0.5, 0.6) is 5.75 Å². The van der Waals surface area contributed by atoms with E-state index in [1.807, 2.05) is 54.0 Å². The van der Waals surface area contributed by atoms with E-state index < -0.39 is 5.25 Å². The molecule has 1 aromatic heterocycles. The highest BCUT2D eigenvalue weighted by Crippen LogP contribution is 2.28. The van der Waals surface area contributed by atoms with Crippen molar-refractivity contribution in [3.05, 3.63) is 94.7 Å². The molecule has 0 spiro atoms. The summed E-state index contributed by atoms with van der Waals surface area (Å²) in [4.78, 5) is 12.8. The van der Waals surface area contributed by atoms with E-state index in [1.54, 1.807) is 36.4 Å². The van der Waals surface area contributed by atoms with E-state index >= 15 is 0 Å². The Balaban J connectivity index is 1.55. The lowest BCUT2D eigenvalue weighted by atomic mass is 10.3. The van der Waals surface area contributed by atoms with Crippen LogP contribution >= 0.6 is 35.0 Å². The molecule has 1 heterocycles. The first-order valence-corrected chi connectivity index (χ1v) is 11.7. The number of hydrogen-bond donors (Lipinski definition) is 1. The van der Waals surface area contributed by atoms with Gasteiger partial charge in [-0.2, -0.15) is 0 Å². The van der Waals surface area contributed by atoms with Crippen molar-refractivity contribution in [3.8, 4) is 11.4 Å². The van der Waals surface area contributed by atoms with Gasteiger partial charge in [0.1, 0.15) is 12.4 Å². The molecule has 1 amide bonds. The molecule has 4 rings (SSSR count). The Labute approximate surface area is 205 Å². The Kier molecular flexibility index (Phi) is 7.54. The summed E-state index contributed by atoms with van der Waals surface area (Å²) in [5.74, 6) is 1.16. The van der Waals surface area contributed by atoms with Crippen molar-refractivity contribution in [1.82, 2.24) is 14.8 Å². The summed E-state index contributed by atoms with van der Waals surface area (Å²) in [6.07, 6.45) is 0. The molecule has 1 unspecified atom stereocenters. The molecule has 0 aliphatic carbocycles. The number of rotatable bonds is 8. The van der Waals surface area contributed by atoms with Crippen LogP contribution in [0, 0.1) is 0 Å². The normalized spacial score (nSPS) is 11.7. The molecule has 9 heteroatoms. The Morgan fingerprint density at radius 2 is 1.76 bits per heavy atom. The van der Waals surface area contributed by atoms with Gasteiger partial charge in [-0.05, 0) is 61.5 Å². The summed E-state index contributed by atoms with van der Waals surface area (Å²) < 4.78 is 7.75. The smallest absolute Gasteiger partial charge is 0.237 e. The standard InChI is InChI=1S/C24H20Cl2N4O2S/c1-16(23(31)27-19-7-5-6-18(26)14-19)33-24-29-28-22(15-32-21-8-3-2-4-9-21)30(24)20-12-10-17(25)11-13-20/h2-14,16H,15H2,1H3,(H,27,31). The predicted octanol–water partition coefficient (Wildman–Crippen LogP) is 6.27. The highest BCUT2D eigenvalue weighted by molar-refractivity contribution is 8.00. The van der Waals surface area contributed by atoms with Gasteiger partial charge in [-0.3, -0.25) is 9.36 Å². The third-order valence-corrected chi connectivity index (χ3v) is 6.17. The van der Waals surface area contributed by atoms with Crippen molar-refractivity contribution in [2.24, 2.45) is 0 Å². The van der Waals surface area contributed by atoms with Gasteiger partial charge in [0.05, 0.1) is 5.25 Å². The second-order valence-corrected chi connectivity index (χ2v) is 9.25. The molecule has 0 aliphatic heterocycles. The molecule has 1 N–H and O–H groups in total. The number of amides is 1. The van der Waals surface area contributed by atoms with Gasteiger partial charge in [0, 0.05) is 21.4 Å². The maximum Gasteiger partial charge on any atom is 0.237 e. The summed E-state index contributed by atoms with van der Waals surface area (Å²) in [5, 5.41) is 12.8. The zero-order valence-electron chi connectivity index (χ0n) is 17.6. The first-order chi connectivity index (χ1) is 16.0. The SMILES string of the molecule is CC(Sc1nnc(COc2ccccc2)n1-c1ccc(Cl)cc1)C(=O)Nc1cccc(Cl)c1. The van der Waals surface area contributed by atoms with Crippen LogP contribution in [-0.2, 0) is 11.4 Å². The largest absolute Gasteiger partial charge is 0.486 e. The molecule has 0 fully saturated rings. The number of halogens is 2. The van der Waals surface area contributed by atoms with Crippen molar-refractivity contribution in [1.29, 1.82) is 0 Å². The van der Waals surface area contributed by atoms with Crippen LogP contribution in [0.1, 0.15) is 12.7 Å². The number of hydrogen-bond acceptors (Lipinski definition) is 5. The second kappa shape index (κ2) is 10.7. The van der Waals surface area contributed by atoms with Gasteiger partial charge in [0.15, 0.2) is 11.0 Å². The maximum absolute atomic E-state index is 12.8. The Morgan fingerprint density at radius 3 is 2.48 bits per heavy atom. The van der Waals surface area contributed by atoms with Gasteiger partial charge >= 0.3 is 0 Å². The minimum atomic E-state index is -0.442. The first-order valence-electron chi connectivity index (χ1n) is 10.1. The lowest BCUT2D eigenvalue weighted by Crippen LogP contribution is -2.23. The van der Waals surface area contributed by atoms with E-state index in [2.05, 4.69) is 15.5 Å². The first kappa shape index (κ1) is 23.2. The molecule has 33 heavy (non-hydrogen) atoms. The fraction of sp³-hybridized carbons (Fsp3) is 0.125. The third kappa shape index (κ3) is 6.07. The van der Waals surface area contributed by atoms with Gasteiger partial charge in [0.2, 0.25) is 5.91 Å². The minimum absolute atomic E-state index is 0.171. The minimum Gasteiger partial charge on any atom is -0.486 e. The molecule has 3 aromatic carbocycles. The van der Waals surface area contributed by atoms with Crippen molar-refractivity contribution in [2.45, 2.75) is 23.9 Å². The van der Waals surface area contributed by atoms with Crippen molar-refractivity contribution in [2.75, 3.05) is 5.32 Å². The van der Waals surface area contributed by atoms with Crippen LogP contribution < -0.4 is 10.1 Å². The van der Waals surface area contributed by atoms with Crippen LogP contribution in [0.3, 0.4) is 0 Å². The van der Waals surface area contributed by atoms with E-state index in [0.29, 0.717) is 26.7 Å². The summed E-state index contributed by atoms with van der Waals surface area (Å²) in [5.41, 5.74) is 1.46. The summed E-state index contributed by atoms with van der Waals surface area (Å²) in [6, 6.07) is 23.8. The van der Waals surface area contributed by atoms with E-state index in [-0.39, 0.29) is 12.5 Å². The average Bonchev–Trinajstić information content (AvgIpc) is 3.21. The van der Waals surface area contributed by atoms with Crippen LogP contribution in [0.2, 0.25) is 10.0 Å². The summed E-state index contributed by atoms with van der Waals surface area (Å²) >= 11 is 13.4. The number of carbonyl (C=O) groups excluding carboxylic acids is 1. The van der Waals surface area contributed by atoms with E-state index in [1.165, 1.54) is 11.8 Å². The number of benzene rings is 3. The quantitative estimate of drug-likeness (QED) is 0.289. The van der Waals surface area contributed by atoms with Gasteiger partial charge in [-0.25, -0.2) is 0 Å². The van der Waals surface area contributed by atoms with Gasteiger partial charge < -0.3 is 10.1 Å². The molecular weight excluding hydrogens is 479 g/mol. The van der Waals surface area contributed by atoms with Crippen molar-refractivity contribution < 1.29 is 9.53 Å². The van der Waals surface area contributed by atoms with Gasteiger partial charge in [-0.15, -0.1) is 10.2 Å². The molecule has 0 bridgehead atoms. The van der Waals surface area contributed by atoms with E-state index in [9.17, 15) is 4.79 Å². The Hall–Kier alpha value is -3.00. The zero-order chi connectivity index (χ0) is 23.2. The van der Waals surface area contributed by atoms with Crippen LogP contribution in [-0.4, -0.2) is 25.9 Å². The van der Waals surface area contributed by atoms with Crippen LogP contribution in [0.15, 0.2) is 84.0 Å². The summed E-state index contributed by atoms with van der Waals surface area (Å²) in [6.45, 7) is 2.02. The molecule has 0 saturated heterocycles. The number of ether oxygens (including phenoxy) is 1. The van der Waals surface area contributed by atoms with Crippen LogP contribution in [0.25, 0.3) is 5.69 Å². The number of anilines is 1. The number of carbonyl (C=O) groups is 1. The molecular formula is C24H20Cl2N4O2S. The molecule has 168 valence electrons. The van der Waals surface area contributed by atoms with Crippen molar-refractivity contribution >= 4 is 46.6 Å². The number of nitrogens with zero attached hydrogens (tertiary/aromatic N) is 3. The lowest BCUT2D eigenvalue weighted by Gasteiger charge is -2.14. The van der Waals surface area contributed by atoms with Crippen molar-refractivity contribution in [3.63, 3.8) is 0 Å². The van der Waals surface area contributed by atoms with E-state index in [4.69, 9.17) is 27.9 Å².